The van der Waals surface area contributed by atoms with Crippen molar-refractivity contribution in [2.75, 3.05) is 32.3 Å². The predicted molar refractivity (Wildman–Crippen MR) is 98.8 cm³/mol. The number of carbonyl (C=O) groups is 2. The predicted octanol–water partition coefficient (Wildman–Crippen LogP) is 2.95. The van der Waals surface area contributed by atoms with Gasteiger partial charge in [-0.05, 0) is 36.4 Å². The van der Waals surface area contributed by atoms with E-state index in [0.29, 0.717) is 17.2 Å². The summed E-state index contributed by atoms with van der Waals surface area (Å²) in [7, 11) is 2.90. The van der Waals surface area contributed by atoms with Crippen LogP contribution < -0.4 is 14.4 Å². The first-order chi connectivity index (χ1) is 13.5. The highest BCUT2D eigenvalue weighted by Gasteiger charge is 2.19. The minimum absolute atomic E-state index is 0.0736. The number of nitrogens with zero attached hydrogens (tertiary/aromatic N) is 2. The molecule has 8 heteroatoms. The van der Waals surface area contributed by atoms with E-state index in [4.69, 9.17) is 19.5 Å². The van der Waals surface area contributed by atoms with E-state index in [0.717, 1.165) is 0 Å². The quantitative estimate of drug-likeness (QED) is 0.648. The number of halogens is 1. The number of benzene rings is 2. The molecule has 1 amide bonds. The van der Waals surface area contributed by atoms with Crippen molar-refractivity contribution < 1.29 is 28.2 Å². The number of esters is 1. The van der Waals surface area contributed by atoms with Gasteiger partial charge in [0, 0.05) is 18.3 Å². The molecule has 2 aromatic carbocycles. The van der Waals surface area contributed by atoms with Crippen molar-refractivity contribution in [2.45, 2.75) is 6.42 Å². The first-order valence-electron chi connectivity index (χ1n) is 8.31. The number of hydrogen-bond donors (Lipinski definition) is 0. The van der Waals surface area contributed by atoms with E-state index < -0.39 is 24.3 Å². The number of amides is 1. The lowest BCUT2D eigenvalue weighted by molar-refractivity contribution is -0.121. The van der Waals surface area contributed by atoms with Gasteiger partial charge in [-0.15, -0.1) is 0 Å². The second kappa shape index (κ2) is 9.92. The summed E-state index contributed by atoms with van der Waals surface area (Å²) in [6.07, 6.45) is 0.0736. The average Bonchev–Trinajstić information content (AvgIpc) is 2.72. The smallest absolute Gasteiger partial charge is 0.338 e. The summed E-state index contributed by atoms with van der Waals surface area (Å²) in [5.74, 6) is -0.913. The third-order valence-corrected chi connectivity index (χ3v) is 3.80. The van der Waals surface area contributed by atoms with Crippen LogP contribution in [0.2, 0.25) is 0 Å². The molecule has 0 saturated heterocycles. The first-order valence-corrected chi connectivity index (χ1v) is 8.31. The van der Waals surface area contributed by atoms with Crippen molar-refractivity contribution in [1.82, 2.24) is 0 Å². The molecule has 0 bridgehead atoms. The molecule has 0 aliphatic carbocycles. The van der Waals surface area contributed by atoms with Gasteiger partial charge in [-0.2, -0.15) is 5.26 Å². The summed E-state index contributed by atoms with van der Waals surface area (Å²) in [5.41, 5.74) is 0.565. The van der Waals surface area contributed by atoms with Gasteiger partial charge < -0.3 is 19.1 Å². The molecule has 0 heterocycles. The summed E-state index contributed by atoms with van der Waals surface area (Å²) in [5, 5.41) is 8.80. The highest BCUT2D eigenvalue weighted by molar-refractivity contribution is 5.97. The van der Waals surface area contributed by atoms with Crippen LogP contribution in [0.1, 0.15) is 16.8 Å². The Morgan fingerprint density at radius 2 is 1.68 bits per heavy atom. The van der Waals surface area contributed by atoms with Gasteiger partial charge in [0.15, 0.2) is 6.61 Å². The van der Waals surface area contributed by atoms with Crippen molar-refractivity contribution >= 4 is 17.6 Å². The van der Waals surface area contributed by atoms with Crippen molar-refractivity contribution in [3.63, 3.8) is 0 Å². The van der Waals surface area contributed by atoms with Crippen molar-refractivity contribution in [3.8, 4) is 17.6 Å². The number of nitriles is 1. The highest BCUT2D eigenvalue weighted by atomic mass is 19.1. The van der Waals surface area contributed by atoms with E-state index >= 15 is 0 Å². The molecule has 0 aliphatic rings. The molecular formula is C20H19FN2O5. The van der Waals surface area contributed by atoms with Crippen LogP contribution in [0, 0.1) is 17.1 Å². The zero-order valence-electron chi connectivity index (χ0n) is 15.5. The third-order valence-electron chi connectivity index (χ3n) is 3.80. The molecule has 0 spiro atoms. The van der Waals surface area contributed by atoms with E-state index in [1.807, 2.05) is 6.07 Å². The largest absolute Gasteiger partial charge is 0.497 e. The summed E-state index contributed by atoms with van der Waals surface area (Å²) >= 11 is 0. The molecule has 0 saturated carbocycles. The number of anilines is 1. The second-order valence-electron chi connectivity index (χ2n) is 5.61. The summed E-state index contributed by atoms with van der Waals surface area (Å²) in [4.78, 5) is 26.1. The van der Waals surface area contributed by atoms with Gasteiger partial charge in [-0.25, -0.2) is 9.18 Å². The van der Waals surface area contributed by atoms with Gasteiger partial charge in [0.1, 0.15) is 17.3 Å². The monoisotopic (exact) mass is 386 g/mol. The van der Waals surface area contributed by atoms with E-state index in [2.05, 4.69) is 0 Å². The third kappa shape index (κ3) is 5.45. The zero-order valence-corrected chi connectivity index (χ0v) is 15.5. The SMILES string of the molecule is COc1cc(OC)cc(C(=O)OCC(=O)N(CCC#N)c2ccc(F)cc2)c1. The van der Waals surface area contributed by atoms with Gasteiger partial charge in [0.05, 0.1) is 32.3 Å². The van der Waals surface area contributed by atoms with Crippen LogP contribution in [0.4, 0.5) is 10.1 Å². The minimum Gasteiger partial charge on any atom is -0.497 e. The molecule has 2 aromatic rings. The molecule has 28 heavy (non-hydrogen) atoms. The summed E-state index contributed by atoms with van der Waals surface area (Å²) in [6.45, 7) is -0.452. The molecule has 146 valence electrons. The lowest BCUT2D eigenvalue weighted by Gasteiger charge is -2.21. The van der Waals surface area contributed by atoms with Crippen LogP contribution in [-0.2, 0) is 9.53 Å². The van der Waals surface area contributed by atoms with Crippen LogP contribution in [0.25, 0.3) is 0 Å². The normalized spacial score (nSPS) is 9.93. The first kappa shape index (κ1) is 20.7. The van der Waals surface area contributed by atoms with Crippen LogP contribution in [0.5, 0.6) is 11.5 Å². The van der Waals surface area contributed by atoms with Crippen LogP contribution in [-0.4, -0.2) is 39.2 Å². The van der Waals surface area contributed by atoms with Gasteiger partial charge in [0.25, 0.3) is 5.91 Å². The Hall–Kier alpha value is -3.60. The number of carbonyl (C=O) groups excluding carboxylic acids is 2. The van der Waals surface area contributed by atoms with Gasteiger partial charge in [-0.1, -0.05) is 0 Å². The summed E-state index contributed by atoms with van der Waals surface area (Å²) in [6, 6.07) is 11.7. The fourth-order valence-corrected chi connectivity index (χ4v) is 2.39. The molecule has 0 radical (unpaired) electrons. The molecule has 0 fully saturated rings. The van der Waals surface area contributed by atoms with Crippen LogP contribution in [0.15, 0.2) is 42.5 Å². The summed E-state index contributed by atoms with van der Waals surface area (Å²) < 4.78 is 28.4. The van der Waals surface area contributed by atoms with E-state index in [1.165, 1.54) is 55.5 Å². The Morgan fingerprint density at radius 3 is 2.21 bits per heavy atom. The number of methoxy groups -OCH3 is 2. The average molecular weight is 386 g/mol. The molecular weight excluding hydrogens is 367 g/mol. The Morgan fingerprint density at radius 1 is 1.07 bits per heavy atom. The molecule has 0 unspecified atom stereocenters. The maximum absolute atomic E-state index is 13.1. The van der Waals surface area contributed by atoms with Crippen molar-refractivity contribution in [1.29, 1.82) is 5.26 Å². The lowest BCUT2D eigenvalue weighted by atomic mass is 10.2. The van der Waals surface area contributed by atoms with E-state index in [9.17, 15) is 14.0 Å². The Labute approximate surface area is 161 Å². The Bertz CT molecular complexity index is 855. The number of hydrogen-bond acceptors (Lipinski definition) is 6. The topological polar surface area (TPSA) is 88.9 Å². The minimum atomic E-state index is -0.732. The van der Waals surface area contributed by atoms with Crippen molar-refractivity contribution in [3.05, 3.63) is 53.8 Å². The van der Waals surface area contributed by atoms with Crippen molar-refractivity contribution in [2.24, 2.45) is 0 Å². The Balaban J connectivity index is 2.10. The lowest BCUT2D eigenvalue weighted by Crippen LogP contribution is -2.35. The maximum atomic E-state index is 13.1. The number of rotatable bonds is 8. The van der Waals surface area contributed by atoms with Crippen LogP contribution >= 0.6 is 0 Å². The maximum Gasteiger partial charge on any atom is 0.338 e. The molecule has 0 aliphatic heterocycles. The van der Waals surface area contributed by atoms with Crippen LogP contribution in [0.3, 0.4) is 0 Å². The van der Waals surface area contributed by atoms with Gasteiger partial charge in [-0.3, -0.25) is 4.79 Å². The molecule has 2 rings (SSSR count). The molecule has 0 aromatic heterocycles. The number of ether oxygens (including phenoxy) is 3. The van der Waals surface area contributed by atoms with E-state index in [-0.39, 0.29) is 18.5 Å². The highest BCUT2D eigenvalue weighted by Crippen LogP contribution is 2.23. The molecule has 0 atom stereocenters. The molecule has 7 nitrogen and oxygen atoms in total. The fourth-order valence-electron chi connectivity index (χ4n) is 2.39. The standard InChI is InChI=1S/C20H19FN2O5/c1-26-17-10-14(11-18(12-17)27-2)20(25)28-13-19(24)23(9-3-8-22)16-6-4-15(21)5-7-16/h4-7,10-12H,3,9,13H2,1-2H3. The molecule has 0 N–H and O–H groups in total. The fraction of sp³-hybridized carbons (Fsp3) is 0.250. The second-order valence-corrected chi connectivity index (χ2v) is 5.61. The Kier molecular flexibility index (Phi) is 7.34. The van der Waals surface area contributed by atoms with Gasteiger partial charge >= 0.3 is 5.97 Å². The van der Waals surface area contributed by atoms with Gasteiger partial charge in [0.2, 0.25) is 0 Å². The van der Waals surface area contributed by atoms with E-state index in [1.54, 1.807) is 6.07 Å². The zero-order chi connectivity index (χ0) is 20.5.